The fourth-order valence-electron chi connectivity index (χ4n) is 2.00. The van der Waals surface area contributed by atoms with Crippen LogP contribution in [0, 0.1) is 0 Å². The van der Waals surface area contributed by atoms with Gasteiger partial charge < -0.3 is 4.74 Å². The predicted octanol–water partition coefficient (Wildman–Crippen LogP) is 4.09. The summed E-state index contributed by atoms with van der Waals surface area (Å²) in [5.41, 5.74) is 2.61. The molecule has 2 nitrogen and oxygen atoms in total. The Morgan fingerprint density at radius 1 is 0.895 bits per heavy atom. The fraction of sp³-hybridized carbons (Fsp3) is 0.250. The van der Waals surface area contributed by atoms with Gasteiger partial charge in [-0.25, -0.2) is 0 Å². The lowest BCUT2D eigenvalue weighted by molar-refractivity contribution is 0.319. The monoisotopic (exact) mass is 319 g/mol. The molecule has 100 valence electrons. The Balaban J connectivity index is 1.92. The first-order chi connectivity index (χ1) is 9.17. The van der Waals surface area contributed by atoms with Gasteiger partial charge in [0.25, 0.3) is 0 Å². The fourth-order valence-corrected chi connectivity index (χ4v) is 2.26. The van der Waals surface area contributed by atoms with Crippen molar-refractivity contribution < 1.29 is 4.74 Å². The van der Waals surface area contributed by atoms with Crippen LogP contribution in [0.15, 0.2) is 53.0 Å². The molecule has 0 bridgehead atoms. The molecule has 0 aliphatic carbocycles. The normalized spacial score (nSPS) is 10.7. The quantitative estimate of drug-likeness (QED) is 0.823. The molecule has 0 fully saturated rings. The van der Waals surface area contributed by atoms with E-state index in [0.717, 1.165) is 23.3 Å². The lowest BCUT2D eigenvalue weighted by atomic mass is 10.2. The van der Waals surface area contributed by atoms with Crippen LogP contribution in [0.5, 0.6) is 5.75 Å². The predicted molar refractivity (Wildman–Crippen MR) is 82.3 cm³/mol. The Morgan fingerprint density at radius 2 is 1.37 bits per heavy atom. The van der Waals surface area contributed by atoms with Gasteiger partial charge in [0.2, 0.25) is 0 Å². The van der Waals surface area contributed by atoms with Gasteiger partial charge in [-0.05, 0) is 42.4 Å². The van der Waals surface area contributed by atoms with Crippen molar-refractivity contribution in [2.24, 2.45) is 0 Å². The van der Waals surface area contributed by atoms with E-state index in [1.165, 1.54) is 11.1 Å². The van der Waals surface area contributed by atoms with E-state index in [1.807, 2.05) is 12.1 Å². The molecule has 0 heterocycles. The molecule has 0 aliphatic heterocycles. The van der Waals surface area contributed by atoms with Crippen LogP contribution in [0.4, 0.5) is 0 Å². The van der Waals surface area contributed by atoms with Crippen LogP contribution in [0.2, 0.25) is 0 Å². The van der Waals surface area contributed by atoms with Crippen LogP contribution in [-0.2, 0) is 13.1 Å². The van der Waals surface area contributed by atoms with Crippen LogP contribution in [0.25, 0.3) is 0 Å². The van der Waals surface area contributed by atoms with Crippen LogP contribution in [0.3, 0.4) is 0 Å². The first kappa shape index (κ1) is 14.1. The summed E-state index contributed by atoms with van der Waals surface area (Å²) in [7, 11) is 3.82. The second kappa shape index (κ2) is 6.73. The average molecular weight is 320 g/mol. The molecular weight excluding hydrogens is 302 g/mol. The Bertz CT molecular complexity index is 507. The minimum Gasteiger partial charge on any atom is -0.497 e. The Labute approximate surface area is 123 Å². The maximum absolute atomic E-state index is 5.16. The SMILES string of the molecule is COc1ccc(CN(C)Cc2ccc(Br)cc2)cc1. The molecule has 2 aromatic carbocycles. The third-order valence-corrected chi connectivity index (χ3v) is 3.51. The second-order valence-corrected chi connectivity index (χ2v) is 5.56. The van der Waals surface area contributed by atoms with Gasteiger partial charge in [0.05, 0.1) is 7.11 Å². The van der Waals surface area contributed by atoms with Crippen molar-refractivity contribution in [2.45, 2.75) is 13.1 Å². The Kier molecular flexibility index (Phi) is 5.00. The molecule has 0 saturated heterocycles. The van der Waals surface area contributed by atoms with Gasteiger partial charge >= 0.3 is 0 Å². The number of methoxy groups -OCH3 is 1. The van der Waals surface area contributed by atoms with Crippen LogP contribution < -0.4 is 4.74 Å². The molecule has 0 unspecified atom stereocenters. The lowest BCUT2D eigenvalue weighted by Crippen LogP contribution is -2.17. The standard InChI is InChI=1S/C16H18BrNO/c1-18(11-13-3-7-15(17)8-4-13)12-14-5-9-16(19-2)10-6-14/h3-10H,11-12H2,1-2H3. The van der Waals surface area contributed by atoms with E-state index in [1.54, 1.807) is 7.11 Å². The highest BCUT2D eigenvalue weighted by molar-refractivity contribution is 9.10. The number of benzene rings is 2. The largest absolute Gasteiger partial charge is 0.497 e. The van der Waals surface area contributed by atoms with Crippen molar-refractivity contribution in [3.05, 3.63) is 64.1 Å². The molecule has 0 aliphatic rings. The van der Waals surface area contributed by atoms with Crippen LogP contribution in [0.1, 0.15) is 11.1 Å². The third kappa shape index (κ3) is 4.37. The molecule has 0 amide bonds. The second-order valence-electron chi connectivity index (χ2n) is 4.65. The van der Waals surface area contributed by atoms with Gasteiger partial charge in [0, 0.05) is 17.6 Å². The molecule has 0 saturated carbocycles. The smallest absolute Gasteiger partial charge is 0.118 e. The number of ether oxygens (including phenoxy) is 1. The lowest BCUT2D eigenvalue weighted by Gasteiger charge is -2.17. The van der Waals surface area contributed by atoms with Crippen LogP contribution in [-0.4, -0.2) is 19.1 Å². The molecule has 3 heteroatoms. The molecule has 0 radical (unpaired) electrons. The molecule has 2 rings (SSSR count). The van der Waals surface area contributed by atoms with Crippen molar-refractivity contribution in [1.29, 1.82) is 0 Å². The minimum absolute atomic E-state index is 0.902. The maximum atomic E-state index is 5.16. The summed E-state index contributed by atoms with van der Waals surface area (Å²) >= 11 is 3.45. The maximum Gasteiger partial charge on any atom is 0.118 e. The zero-order valence-electron chi connectivity index (χ0n) is 11.3. The molecule has 0 N–H and O–H groups in total. The van der Waals surface area contributed by atoms with E-state index >= 15 is 0 Å². The number of rotatable bonds is 5. The molecule has 0 aromatic heterocycles. The average Bonchev–Trinajstić information content (AvgIpc) is 2.42. The number of hydrogen-bond donors (Lipinski definition) is 0. The summed E-state index contributed by atoms with van der Waals surface area (Å²) in [6.45, 7) is 1.87. The van der Waals surface area contributed by atoms with Crippen molar-refractivity contribution >= 4 is 15.9 Å². The van der Waals surface area contributed by atoms with Gasteiger partial charge in [0.15, 0.2) is 0 Å². The van der Waals surface area contributed by atoms with E-state index in [-0.39, 0.29) is 0 Å². The van der Waals surface area contributed by atoms with Crippen molar-refractivity contribution in [2.75, 3.05) is 14.2 Å². The third-order valence-electron chi connectivity index (χ3n) is 2.98. The highest BCUT2D eigenvalue weighted by Crippen LogP contribution is 2.15. The van der Waals surface area contributed by atoms with E-state index in [0.29, 0.717) is 0 Å². The van der Waals surface area contributed by atoms with Crippen LogP contribution >= 0.6 is 15.9 Å². The molecule has 19 heavy (non-hydrogen) atoms. The Morgan fingerprint density at radius 3 is 1.84 bits per heavy atom. The zero-order valence-corrected chi connectivity index (χ0v) is 12.9. The molecule has 2 aromatic rings. The van der Waals surface area contributed by atoms with Gasteiger partial charge in [-0.3, -0.25) is 4.90 Å². The Hall–Kier alpha value is -1.32. The summed E-state index contributed by atoms with van der Waals surface area (Å²) in [5, 5.41) is 0. The van der Waals surface area contributed by atoms with Gasteiger partial charge in [0.1, 0.15) is 5.75 Å². The first-order valence-electron chi connectivity index (χ1n) is 6.23. The highest BCUT2D eigenvalue weighted by atomic mass is 79.9. The zero-order chi connectivity index (χ0) is 13.7. The summed E-state index contributed by atoms with van der Waals surface area (Å²) in [4.78, 5) is 2.30. The summed E-state index contributed by atoms with van der Waals surface area (Å²) in [6, 6.07) is 16.7. The minimum atomic E-state index is 0.902. The molecular formula is C16H18BrNO. The van der Waals surface area contributed by atoms with E-state index in [9.17, 15) is 0 Å². The molecule has 0 atom stereocenters. The number of halogens is 1. The topological polar surface area (TPSA) is 12.5 Å². The van der Waals surface area contributed by atoms with Crippen molar-refractivity contribution in [1.82, 2.24) is 4.90 Å². The molecule has 0 spiro atoms. The van der Waals surface area contributed by atoms with Gasteiger partial charge in [-0.1, -0.05) is 40.2 Å². The summed E-state index contributed by atoms with van der Waals surface area (Å²) < 4.78 is 6.28. The van der Waals surface area contributed by atoms with Crippen molar-refractivity contribution in [3.63, 3.8) is 0 Å². The van der Waals surface area contributed by atoms with Gasteiger partial charge in [-0.2, -0.15) is 0 Å². The number of hydrogen-bond acceptors (Lipinski definition) is 2. The van der Waals surface area contributed by atoms with Gasteiger partial charge in [-0.15, -0.1) is 0 Å². The van der Waals surface area contributed by atoms with Crippen molar-refractivity contribution in [3.8, 4) is 5.75 Å². The van der Waals surface area contributed by atoms with E-state index in [4.69, 9.17) is 4.74 Å². The first-order valence-corrected chi connectivity index (χ1v) is 7.02. The summed E-state index contributed by atoms with van der Waals surface area (Å²) in [5.74, 6) is 0.902. The summed E-state index contributed by atoms with van der Waals surface area (Å²) in [6.07, 6.45) is 0. The van der Waals surface area contributed by atoms with E-state index in [2.05, 4.69) is 64.3 Å². The highest BCUT2D eigenvalue weighted by Gasteiger charge is 2.02. The number of nitrogens with zero attached hydrogens (tertiary/aromatic N) is 1. The van der Waals surface area contributed by atoms with E-state index < -0.39 is 0 Å².